The van der Waals surface area contributed by atoms with Gasteiger partial charge in [-0.1, -0.05) is 30.8 Å². The Hall–Kier alpha value is -1.67. The number of hydrogen-bond acceptors (Lipinski definition) is 5. The molecular formula is C21H19I2N4O3S+. The van der Waals surface area contributed by atoms with E-state index in [9.17, 15) is 9.59 Å². The van der Waals surface area contributed by atoms with Crippen molar-refractivity contribution in [3.8, 4) is 17.0 Å². The van der Waals surface area contributed by atoms with Gasteiger partial charge in [0.25, 0.3) is 6.17 Å². The van der Waals surface area contributed by atoms with Crippen molar-refractivity contribution in [2.45, 2.75) is 25.2 Å². The first-order chi connectivity index (χ1) is 14.9. The van der Waals surface area contributed by atoms with E-state index in [0.717, 1.165) is 18.5 Å². The van der Waals surface area contributed by atoms with Gasteiger partial charge >= 0.3 is 11.3 Å². The molecule has 1 amide bonds. The average molecular weight is 661 g/mol. The number of amides is 1. The van der Waals surface area contributed by atoms with Crippen LogP contribution in [0, 0.1) is 7.14 Å². The van der Waals surface area contributed by atoms with Gasteiger partial charge in [-0.15, -0.1) is 0 Å². The predicted molar refractivity (Wildman–Crippen MR) is 137 cm³/mol. The third kappa shape index (κ3) is 3.97. The van der Waals surface area contributed by atoms with Gasteiger partial charge < -0.3 is 4.74 Å². The molecule has 0 radical (unpaired) electrons. The first-order valence-corrected chi connectivity index (χ1v) is 12.6. The number of aromatic nitrogens is 3. The standard InChI is InChI=1S/C21H18I2N4O3S/c1-4-31-21-24-19(29)17-13-7-5-6-8-16(13)26(11(2)28)20(27(17)25-21)14-9-12(22)10-15(23)18(14)30-3/h5-10,20H,4H2,1-3H3/p+1/t20-/m0/s1. The number of halogens is 2. The smallest absolute Gasteiger partial charge is 0.325 e. The SMILES string of the molecule is CCSc1n[n+]2c(c(=O)[nH]1)-c1ccccc1N(C(C)=O)[C@@H]2c1cc(I)cc(I)c1OC. The minimum Gasteiger partial charge on any atom is -0.495 e. The second kappa shape index (κ2) is 9.06. The predicted octanol–water partition coefficient (Wildman–Crippen LogP) is 3.97. The van der Waals surface area contributed by atoms with E-state index < -0.39 is 6.17 Å². The molecule has 1 aromatic heterocycles. The second-order valence-electron chi connectivity index (χ2n) is 6.78. The van der Waals surface area contributed by atoms with Gasteiger partial charge in [0.2, 0.25) is 11.1 Å². The Balaban J connectivity index is 2.13. The number of carbonyl (C=O) groups is 1. The highest BCUT2D eigenvalue weighted by Crippen LogP contribution is 2.41. The number of nitrogens with zero attached hydrogens (tertiary/aromatic N) is 3. The molecule has 7 nitrogen and oxygen atoms in total. The zero-order chi connectivity index (χ0) is 22.3. The Bertz CT molecular complexity index is 1250. The molecule has 31 heavy (non-hydrogen) atoms. The molecule has 2 aromatic carbocycles. The number of para-hydroxylation sites is 1. The average Bonchev–Trinajstić information content (AvgIpc) is 2.72. The van der Waals surface area contributed by atoms with E-state index in [1.54, 1.807) is 16.7 Å². The summed E-state index contributed by atoms with van der Waals surface area (Å²) < 4.78 is 9.31. The lowest BCUT2D eigenvalue weighted by atomic mass is 10.0. The minimum absolute atomic E-state index is 0.154. The number of methoxy groups -OCH3 is 1. The van der Waals surface area contributed by atoms with Gasteiger partial charge in [-0.05, 0) is 79.9 Å². The molecule has 1 aliphatic rings. The maximum atomic E-state index is 13.2. The number of anilines is 1. The highest BCUT2D eigenvalue weighted by atomic mass is 127. The number of benzene rings is 2. The molecule has 2 heterocycles. The first kappa shape index (κ1) is 22.5. The van der Waals surface area contributed by atoms with E-state index in [-0.39, 0.29) is 11.5 Å². The van der Waals surface area contributed by atoms with Crippen LogP contribution in [0.4, 0.5) is 5.69 Å². The highest BCUT2D eigenvalue weighted by molar-refractivity contribution is 14.1. The Labute approximate surface area is 210 Å². The third-order valence-electron chi connectivity index (χ3n) is 4.90. The third-order valence-corrected chi connectivity index (χ3v) is 7.07. The van der Waals surface area contributed by atoms with E-state index in [2.05, 4.69) is 50.2 Å². The van der Waals surface area contributed by atoms with Crippen LogP contribution in [0.5, 0.6) is 5.75 Å². The molecule has 0 bridgehead atoms. The number of aromatic amines is 1. The van der Waals surface area contributed by atoms with Gasteiger partial charge in [0, 0.05) is 15.6 Å². The summed E-state index contributed by atoms with van der Waals surface area (Å²) in [6.45, 7) is 3.52. The number of H-pyrrole nitrogens is 1. The maximum absolute atomic E-state index is 13.2. The molecule has 1 N–H and O–H groups in total. The van der Waals surface area contributed by atoms with Crippen LogP contribution in [0.25, 0.3) is 11.3 Å². The maximum Gasteiger partial charge on any atom is 0.325 e. The van der Waals surface area contributed by atoms with Gasteiger partial charge in [0.1, 0.15) is 5.75 Å². The molecule has 0 saturated heterocycles. The van der Waals surface area contributed by atoms with Crippen molar-refractivity contribution in [3.63, 3.8) is 0 Å². The fourth-order valence-electron chi connectivity index (χ4n) is 3.78. The van der Waals surface area contributed by atoms with E-state index in [4.69, 9.17) is 9.84 Å². The van der Waals surface area contributed by atoms with Crippen LogP contribution in [-0.2, 0) is 4.79 Å². The van der Waals surface area contributed by atoms with Crippen molar-refractivity contribution >= 4 is 68.5 Å². The molecule has 10 heteroatoms. The summed E-state index contributed by atoms with van der Waals surface area (Å²) >= 11 is 5.91. The van der Waals surface area contributed by atoms with Crippen molar-refractivity contribution in [2.24, 2.45) is 0 Å². The van der Waals surface area contributed by atoms with Crippen molar-refractivity contribution in [3.05, 3.63) is 59.5 Å². The van der Waals surface area contributed by atoms with Crippen molar-refractivity contribution < 1.29 is 14.2 Å². The normalized spacial score (nSPS) is 14.7. The van der Waals surface area contributed by atoms with E-state index in [1.165, 1.54) is 18.7 Å². The minimum atomic E-state index is -0.668. The first-order valence-electron chi connectivity index (χ1n) is 9.48. The molecule has 1 aliphatic heterocycles. The second-order valence-corrected chi connectivity index (χ2v) is 10.4. The molecule has 0 aliphatic carbocycles. The van der Waals surface area contributed by atoms with Gasteiger partial charge in [0.15, 0.2) is 0 Å². The lowest BCUT2D eigenvalue weighted by molar-refractivity contribution is -0.763. The summed E-state index contributed by atoms with van der Waals surface area (Å²) in [6.07, 6.45) is -0.668. The van der Waals surface area contributed by atoms with Crippen LogP contribution in [0.3, 0.4) is 0 Å². The summed E-state index contributed by atoms with van der Waals surface area (Å²) in [5.41, 5.74) is 2.26. The zero-order valence-corrected chi connectivity index (χ0v) is 22.1. The van der Waals surface area contributed by atoms with Crippen molar-refractivity contribution in [2.75, 3.05) is 17.8 Å². The fraction of sp³-hybridized carbons (Fsp3) is 0.238. The van der Waals surface area contributed by atoms with Crippen molar-refractivity contribution in [1.29, 1.82) is 0 Å². The zero-order valence-electron chi connectivity index (χ0n) is 17.0. The summed E-state index contributed by atoms with van der Waals surface area (Å²) in [5, 5.41) is 5.26. The monoisotopic (exact) mass is 661 g/mol. The number of thioether (sulfide) groups is 1. The molecule has 4 rings (SSSR count). The molecule has 1 atom stereocenters. The molecule has 160 valence electrons. The number of nitrogens with one attached hydrogen (secondary N) is 1. The van der Waals surface area contributed by atoms with E-state index in [0.29, 0.717) is 27.9 Å². The van der Waals surface area contributed by atoms with Crippen LogP contribution in [0.2, 0.25) is 0 Å². The van der Waals surface area contributed by atoms with Crippen molar-refractivity contribution in [1.82, 2.24) is 10.1 Å². The molecule has 0 spiro atoms. The summed E-state index contributed by atoms with van der Waals surface area (Å²) in [4.78, 5) is 30.7. The van der Waals surface area contributed by atoms with Crippen LogP contribution in [-0.4, -0.2) is 28.9 Å². The number of carbonyl (C=O) groups excluding carboxylic acids is 1. The number of fused-ring (bicyclic) bond motifs is 3. The largest absolute Gasteiger partial charge is 0.495 e. The fourth-order valence-corrected chi connectivity index (χ4v) is 6.48. The van der Waals surface area contributed by atoms with Crippen LogP contribution in [0.15, 0.2) is 46.3 Å². The van der Waals surface area contributed by atoms with Gasteiger partial charge in [-0.25, -0.2) is 4.90 Å². The van der Waals surface area contributed by atoms with Gasteiger partial charge in [-0.3, -0.25) is 14.6 Å². The molecule has 0 saturated carbocycles. The lowest BCUT2D eigenvalue weighted by Gasteiger charge is -2.32. The van der Waals surface area contributed by atoms with Crippen LogP contribution in [0.1, 0.15) is 25.6 Å². The topological polar surface area (TPSA) is 79.2 Å². The number of rotatable bonds is 4. The summed E-state index contributed by atoms with van der Waals surface area (Å²) in [6, 6.07) is 11.4. The molecule has 3 aromatic rings. The van der Waals surface area contributed by atoms with E-state index in [1.807, 2.05) is 43.3 Å². The van der Waals surface area contributed by atoms with Crippen LogP contribution >= 0.6 is 56.9 Å². The van der Waals surface area contributed by atoms with E-state index >= 15 is 0 Å². The number of hydrogen-bond donors (Lipinski definition) is 1. The Kier molecular flexibility index (Phi) is 6.58. The van der Waals surface area contributed by atoms with Crippen LogP contribution < -0.4 is 19.9 Å². The summed E-state index contributed by atoms with van der Waals surface area (Å²) in [5.74, 6) is 1.25. The van der Waals surface area contributed by atoms with Gasteiger partial charge in [0.05, 0.1) is 27.5 Å². The quantitative estimate of drug-likeness (QED) is 0.261. The Morgan fingerprint density at radius 3 is 2.74 bits per heavy atom. The molecule has 0 unspecified atom stereocenters. The molecule has 0 fully saturated rings. The lowest BCUT2D eigenvalue weighted by Crippen LogP contribution is -2.60. The summed E-state index contributed by atoms with van der Waals surface area (Å²) in [7, 11) is 1.61. The highest BCUT2D eigenvalue weighted by Gasteiger charge is 2.46. The van der Waals surface area contributed by atoms with Gasteiger partial charge in [-0.2, -0.15) is 0 Å². The molecular weight excluding hydrogens is 642 g/mol. The Morgan fingerprint density at radius 1 is 1.32 bits per heavy atom. The number of ether oxygens (including phenoxy) is 1. The Morgan fingerprint density at radius 2 is 2.06 bits per heavy atom.